The van der Waals surface area contributed by atoms with Crippen LogP contribution in [0.2, 0.25) is 0 Å². The van der Waals surface area contributed by atoms with Crippen molar-refractivity contribution in [2.45, 2.75) is 38.4 Å². The molecule has 1 heterocycles. The maximum Gasteiger partial charge on any atom is 0.391 e. The first-order valence-corrected chi connectivity index (χ1v) is 11.6. The fraction of sp³-hybridized carbons (Fsp3) is 0.321. The number of aryl methyl sites for hydroxylation is 1. The van der Waals surface area contributed by atoms with Crippen molar-refractivity contribution in [2.75, 3.05) is 13.1 Å². The predicted molar refractivity (Wildman–Crippen MR) is 127 cm³/mol. The van der Waals surface area contributed by atoms with Gasteiger partial charge in [-0.15, -0.1) is 0 Å². The number of piperidine rings is 1. The van der Waals surface area contributed by atoms with Gasteiger partial charge in [-0.2, -0.15) is 13.2 Å². The zero-order valence-electron chi connectivity index (χ0n) is 19.4. The number of benzene rings is 3. The van der Waals surface area contributed by atoms with Crippen molar-refractivity contribution >= 4 is 5.97 Å². The molecule has 0 bridgehead atoms. The molecule has 7 heteroatoms. The lowest BCUT2D eigenvalue weighted by molar-refractivity contribution is -0.185. The number of nitrogens with zero attached hydrogens (tertiary/aromatic N) is 1. The summed E-state index contributed by atoms with van der Waals surface area (Å²) in [7, 11) is 0. The molecule has 3 aromatic carbocycles. The van der Waals surface area contributed by atoms with E-state index < -0.39 is 24.1 Å². The summed E-state index contributed by atoms with van der Waals surface area (Å²) in [5.41, 5.74) is 5.02. The van der Waals surface area contributed by atoms with Gasteiger partial charge in [0, 0.05) is 0 Å². The summed E-state index contributed by atoms with van der Waals surface area (Å²) in [5, 5.41) is 9.31. The maximum absolute atomic E-state index is 13.7. The summed E-state index contributed by atoms with van der Waals surface area (Å²) < 4.78 is 53.7. The third kappa shape index (κ3) is 5.90. The highest BCUT2D eigenvalue weighted by molar-refractivity contribution is 5.74. The van der Waals surface area contributed by atoms with E-state index in [-0.39, 0.29) is 38.2 Å². The van der Waals surface area contributed by atoms with Crippen molar-refractivity contribution in [3.63, 3.8) is 0 Å². The lowest BCUT2D eigenvalue weighted by atomic mass is 9.86. The molecule has 0 aromatic heterocycles. The summed E-state index contributed by atoms with van der Waals surface area (Å²) in [4.78, 5) is 13.4. The molecular weight excluding hydrogens is 458 g/mol. The number of likely N-dealkylation sites (tertiary alicyclic amines) is 1. The zero-order valence-corrected chi connectivity index (χ0v) is 19.4. The van der Waals surface area contributed by atoms with Crippen LogP contribution < -0.4 is 0 Å². The third-order valence-electron chi connectivity index (χ3n) is 6.67. The van der Waals surface area contributed by atoms with Crippen LogP contribution in [0.25, 0.3) is 11.1 Å². The van der Waals surface area contributed by atoms with Gasteiger partial charge in [0.15, 0.2) is 0 Å². The Hall–Kier alpha value is -3.19. The maximum atomic E-state index is 13.7. The number of halogens is 4. The molecule has 0 radical (unpaired) electrons. The summed E-state index contributed by atoms with van der Waals surface area (Å²) in [6, 6.07) is 18.9. The van der Waals surface area contributed by atoms with Gasteiger partial charge in [0.2, 0.25) is 0 Å². The van der Waals surface area contributed by atoms with Crippen molar-refractivity contribution in [1.29, 1.82) is 0 Å². The van der Waals surface area contributed by atoms with Gasteiger partial charge < -0.3 is 5.11 Å². The van der Waals surface area contributed by atoms with Gasteiger partial charge in [0.05, 0.1) is 18.4 Å². The van der Waals surface area contributed by atoms with Crippen LogP contribution in [0.15, 0.2) is 66.7 Å². The quantitative estimate of drug-likeness (QED) is 0.391. The van der Waals surface area contributed by atoms with E-state index in [0.717, 1.165) is 27.8 Å². The average Bonchev–Trinajstić information content (AvgIpc) is 2.81. The standard InChI is InChI=1S/C28H27F4NO2/c1-18-2-5-20(6-3-18)25-16-19(17-26(34)35)4-11-24(25)27(21-7-9-23(29)10-8-21)33-14-12-22(13-15-33)28(30,31)32/h2-11,16,22,27H,12-15,17H2,1H3,(H,34,35). The van der Waals surface area contributed by atoms with Crippen LogP contribution in [-0.2, 0) is 11.2 Å². The number of carboxylic acid groups (broad SMARTS) is 1. The topological polar surface area (TPSA) is 40.5 Å². The number of hydrogen-bond acceptors (Lipinski definition) is 2. The van der Waals surface area contributed by atoms with E-state index in [1.807, 2.05) is 48.2 Å². The van der Waals surface area contributed by atoms with Crippen LogP contribution >= 0.6 is 0 Å². The van der Waals surface area contributed by atoms with E-state index in [4.69, 9.17) is 0 Å². The van der Waals surface area contributed by atoms with E-state index in [1.165, 1.54) is 12.1 Å². The smallest absolute Gasteiger partial charge is 0.391 e. The minimum atomic E-state index is -4.22. The van der Waals surface area contributed by atoms with Crippen molar-refractivity contribution in [3.8, 4) is 11.1 Å². The Morgan fingerprint density at radius 1 is 1.00 bits per heavy atom. The van der Waals surface area contributed by atoms with Crippen LogP contribution in [0.5, 0.6) is 0 Å². The van der Waals surface area contributed by atoms with E-state index in [2.05, 4.69) is 0 Å². The van der Waals surface area contributed by atoms with Crippen LogP contribution in [0.1, 0.15) is 41.1 Å². The zero-order chi connectivity index (χ0) is 25.2. The second kappa shape index (κ2) is 10.2. The molecule has 1 fully saturated rings. The molecule has 0 saturated carbocycles. The Morgan fingerprint density at radius 3 is 2.20 bits per heavy atom. The lowest BCUT2D eigenvalue weighted by Gasteiger charge is -2.39. The Balaban J connectivity index is 1.81. The second-order valence-electron chi connectivity index (χ2n) is 9.16. The fourth-order valence-corrected chi connectivity index (χ4v) is 4.83. The molecule has 0 spiro atoms. The van der Waals surface area contributed by atoms with Crippen molar-refractivity contribution in [1.82, 2.24) is 4.90 Å². The van der Waals surface area contributed by atoms with Crippen LogP contribution in [0, 0.1) is 18.7 Å². The molecule has 3 aromatic rings. The summed E-state index contributed by atoms with van der Waals surface area (Å²) in [5.74, 6) is -2.67. The van der Waals surface area contributed by atoms with Crippen LogP contribution in [0.3, 0.4) is 0 Å². The van der Waals surface area contributed by atoms with Crippen molar-refractivity contribution < 1.29 is 27.5 Å². The summed E-state index contributed by atoms with van der Waals surface area (Å²) in [6.07, 6.45) is -4.36. The largest absolute Gasteiger partial charge is 0.481 e. The molecule has 0 aliphatic carbocycles. The van der Waals surface area contributed by atoms with Gasteiger partial charge in [-0.25, -0.2) is 4.39 Å². The van der Waals surface area contributed by atoms with Crippen LogP contribution in [-0.4, -0.2) is 35.2 Å². The SMILES string of the molecule is Cc1ccc(-c2cc(CC(=O)O)ccc2C(c2ccc(F)cc2)N2CCC(C(F)(F)F)CC2)cc1. The average molecular weight is 486 g/mol. The molecule has 1 N–H and O–H groups in total. The minimum Gasteiger partial charge on any atom is -0.481 e. The molecule has 1 aliphatic heterocycles. The van der Waals surface area contributed by atoms with Gasteiger partial charge in [-0.3, -0.25) is 9.69 Å². The molecule has 0 amide bonds. The molecule has 1 saturated heterocycles. The number of carbonyl (C=O) groups is 1. The first-order valence-electron chi connectivity index (χ1n) is 11.6. The highest BCUT2D eigenvalue weighted by atomic mass is 19.4. The number of alkyl halides is 3. The normalized spacial score (nSPS) is 16.3. The van der Waals surface area contributed by atoms with E-state index in [9.17, 15) is 27.5 Å². The second-order valence-corrected chi connectivity index (χ2v) is 9.16. The van der Waals surface area contributed by atoms with Gasteiger partial charge >= 0.3 is 12.1 Å². The van der Waals surface area contributed by atoms with Gasteiger partial charge in [0.25, 0.3) is 0 Å². The number of aliphatic carboxylic acids is 1. The molecule has 1 unspecified atom stereocenters. The summed E-state index contributed by atoms with van der Waals surface area (Å²) >= 11 is 0. The third-order valence-corrected chi connectivity index (χ3v) is 6.67. The monoisotopic (exact) mass is 485 g/mol. The Labute approximate surface area is 202 Å². The molecule has 3 nitrogen and oxygen atoms in total. The Morgan fingerprint density at radius 2 is 1.63 bits per heavy atom. The van der Waals surface area contributed by atoms with E-state index in [0.29, 0.717) is 5.56 Å². The predicted octanol–water partition coefficient (Wildman–Crippen LogP) is 6.79. The van der Waals surface area contributed by atoms with Gasteiger partial charge in [-0.1, -0.05) is 60.2 Å². The fourth-order valence-electron chi connectivity index (χ4n) is 4.83. The molecule has 1 atom stereocenters. The molecule has 35 heavy (non-hydrogen) atoms. The first-order chi connectivity index (χ1) is 16.6. The van der Waals surface area contributed by atoms with E-state index in [1.54, 1.807) is 18.2 Å². The van der Waals surface area contributed by atoms with Crippen LogP contribution in [0.4, 0.5) is 17.6 Å². The number of hydrogen-bond donors (Lipinski definition) is 1. The lowest BCUT2D eigenvalue weighted by Crippen LogP contribution is -2.41. The van der Waals surface area contributed by atoms with E-state index >= 15 is 0 Å². The highest BCUT2D eigenvalue weighted by Crippen LogP contribution is 2.41. The van der Waals surface area contributed by atoms with Gasteiger partial charge in [0.1, 0.15) is 5.82 Å². The molecule has 4 rings (SSSR count). The molecule has 1 aliphatic rings. The van der Waals surface area contributed by atoms with Gasteiger partial charge in [-0.05, 0) is 72.8 Å². The number of rotatable bonds is 6. The Bertz CT molecular complexity index is 1170. The van der Waals surface area contributed by atoms with Crippen molar-refractivity contribution in [3.05, 3.63) is 94.8 Å². The highest BCUT2D eigenvalue weighted by Gasteiger charge is 2.42. The molecule has 184 valence electrons. The number of carboxylic acids is 1. The first kappa shape index (κ1) is 24.9. The minimum absolute atomic E-state index is 0.00183. The summed E-state index contributed by atoms with van der Waals surface area (Å²) in [6.45, 7) is 2.46. The van der Waals surface area contributed by atoms with Crippen molar-refractivity contribution in [2.24, 2.45) is 5.92 Å². The molecular formula is C28H27F4NO2. The Kier molecular flexibility index (Phi) is 7.26.